The lowest BCUT2D eigenvalue weighted by atomic mass is 10.3. The van der Waals surface area contributed by atoms with E-state index >= 15 is 0 Å². The summed E-state index contributed by atoms with van der Waals surface area (Å²) in [6.45, 7) is 0. The summed E-state index contributed by atoms with van der Waals surface area (Å²) in [7, 11) is -3.78. The molecule has 0 unspecified atom stereocenters. The third-order valence-corrected chi connectivity index (χ3v) is 3.69. The van der Waals surface area contributed by atoms with Crippen molar-refractivity contribution in [3.05, 3.63) is 54.5 Å². The van der Waals surface area contributed by atoms with Crippen LogP contribution in [0.1, 0.15) is 5.69 Å². The van der Waals surface area contributed by atoms with Crippen LogP contribution in [0.5, 0.6) is 0 Å². The molecular formula is C13H11N3O4S. The van der Waals surface area contributed by atoms with Gasteiger partial charge in [-0.1, -0.05) is 6.07 Å². The minimum Gasteiger partial charge on any atom is -0.478 e. The van der Waals surface area contributed by atoms with E-state index in [0.29, 0.717) is 5.69 Å². The SMILES string of the molecule is O=C(O)C=Cc1cccc(NS(=O)(=O)c2cccnc2)n1. The number of aromatic nitrogens is 2. The highest BCUT2D eigenvalue weighted by atomic mass is 32.2. The van der Waals surface area contributed by atoms with E-state index in [1.165, 1.54) is 36.7 Å². The number of nitrogens with zero attached hydrogens (tertiary/aromatic N) is 2. The van der Waals surface area contributed by atoms with Gasteiger partial charge in [-0.05, 0) is 30.3 Å². The molecule has 0 radical (unpaired) electrons. The molecule has 0 aliphatic carbocycles. The lowest BCUT2D eigenvalue weighted by Gasteiger charge is -2.07. The molecule has 0 aliphatic heterocycles. The number of aliphatic carboxylic acids is 1. The number of anilines is 1. The Morgan fingerprint density at radius 1 is 1.24 bits per heavy atom. The summed E-state index contributed by atoms with van der Waals surface area (Å²) in [6.07, 6.45) is 4.87. The van der Waals surface area contributed by atoms with Gasteiger partial charge in [-0.15, -0.1) is 0 Å². The summed E-state index contributed by atoms with van der Waals surface area (Å²) in [5.41, 5.74) is 0.323. The number of hydrogen-bond donors (Lipinski definition) is 2. The van der Waals surface area contributed by atoms with Gasteiger partial charge in [-0.3, -0.25) is 9.71 Å². The number of carboxylic acid groups (broad SMARTS) is 1. The highest BCUT2D eigenvalue weighted by molar-refractivity contribution is 7.92. The maximum atomic E-state index is 12.1. The smallest absolute Gasteiger partial charge is 0.328 e. The second-order valence-corrected chi connectivity index (χ2v) is 5.60. The van der Waals surface area contributed by atoms with Crippen LogP contribution in [0.25, 0.3) is 6.08 Å². The molecule has 2 aromatic rings. The van der Waals surface area contributed by atoms with Crippen LogP contribution in [0.15, 0.2) is 53.7 Å². The number of carboxylic acids is 1. The van der Waals surface area contributed by atoms with Gasteiger partial charge in [0.2, 0.25) is 0 Å². The van der Waals surface area contributed by atoms with Gasteiger partial charge in [0, 0.05) is 18.5 Å². The van der Waals surface area contributed by atoms with Gasteiger partial charge < -0.3 is 5.11 Å². The van der Waals surface area contributed by atoms with Gasteiger partial charge in [-0.25, -0.2) is 18.2 Å². The van der Waals surface area contributed by atoms with Crippen LogP contribution in [0.3, 0.4) is 0 Å². The third-order valence-electron chi connectivity index (χ3n) is 2.35. The van der Waals surface area contributed by atoms with Crippen molar-refractivity contribution in [2.75, 3.05) is 4.72 Å². The van der Waals surface area contributed by atoms with Crippen molar-refractivity contribution in [3.63, 3.8) is 0 Å². The van der Waals surface area contributed by atoms with Crippen LogP contribution in [-0.2, 0) is 14.8 Å². The van der Waals surface area contributed by atoms with E-state index in [4.69, 9.17) is 5.11 Å². The van der Waals surface area contributed by atoms with Crippen LogP contribution in [-0.4, -0.2) is 29.5 Å². The highest BCUT2D eigenvalue weighted by Crippen LogP contribution is 2.13. The van der Waals surface area contributed by atoms with Crippen LogP contribution >= 0.6 is 0 Å². The molecule has 0 aromatic carbocycles. The maximum Gasteiger partial charge on any atom is 0.328 e. The summed E-state index contributed by atoms with van der Waals surface area (Å²) in [5, 5.41) is 8.55. The first-order valence-electron chi connectivity index (χ1n) is 5.78. The molecule has 0 atom stereocenters. The van der Waals surface area contributed by atoms with Gasteiger partial charge in [-0.2, -0.15) is 0 Å². The van der Waals surface area contributed by atoms with Crippen LogP contribution in [0.2, 0.25) is 0 Å². The molecule has 2 aromatic heterocycles. The standard InChI is InChI=1S/C13H11N3O4S/c17-13(18)7-6-10-3-1-5-12(15-10)16-21(19,20)11-4-2-8-14-9-11/h1-9H,(H,15,16)(H,17,18). The van der Waals surface area contributed by atoms with E-state index in [0.717, 1.165) is 6.08 Å². The minimum atomic E-state index is -3.78. The molecule has 0 spiro atoms. The topological polar surface area (TPSA) is 109 Å². The van der Waals surface area contributed by atoms with Crippen molar-refractivity contribution in [1.82, 2.24) is 9.97 Å². The quantitative estimate of drug-likeness (QED) is 0.808. The highest BCUT2D eigenvalue weighted by Gasteiger charge is 2.14. The molecule has 108 valence electrons. The third kappa shape index (κ3) is 4.11. The number of pyridine rings is 2. The van der Waals surface area contributed by atoms with Gasteiger partial charge in [0.25, 0.3) is 10.0 Å². The number of hydrogen-bond acceptors (Lipinski definition) is 5. The normalized spacial score (nSPS) is 11.4. The van der Waals surface area contributed by atoms with Crippen LogP contribution in [0.4, 0.5) is 5.82 Å². The van der Waals surface area contributed by atoms with Gasteiger partial charge in [0.1, 0.15) is 10.7 Å². The maximum absolute atomic E-state index is 12.1. The zero-order valence-corrected chi connectivity index (χ0v) is 11.5. The Labute approximate surface area is 121 Å². The average Bonchev–Trinajstić information content (AvgIpc) is 2.46. The summed E-state index contributed by atoms with van der Waals surface area (Å²) in [6, 6.07) is 7.50. The fraction of sp³-hybridized carbons (Fsp3) is 0. The van der Waals surface area contributed by atoms with Crippen molar-refractivity contribution >= 4 is 27.9 Å². The number of carbonyl (C=O) groups is 1. The van der Waals surface area contributed by atoms with E-state index in [-0.39, 0.29) is 10.7 Å². The molecule has 0 saturated heterocycles. The van der Waals surface area contributed by atoms with Crippen LogP contribution in [0, 0.1) is 0 Å². The second kappa shape index (κ2) is 6.14. The molecule has 2 heterocycles. The zero-order chi connectivity index (χ0) is 15.3. The lowest BCUT2D eigenvalue weighted by molar-refractivity contribution is -0.131. The summed E-state index contributed by atoms with van der Waals surface area (Å²) >= 11 is 0. The zero-order valence-electron chi connectivity index (χ0n) is 10.7. The Morgan fingerprint density at radius 2 is 2.05 bits per heavy atom. The second-order valence-electron chi connectivity index (χ2n) is 3.91. The molecule has 0 saturated carbocycles. The molecule has 0 bridgehead atoms. The molecule has 2 rings (SSSR count). The first-order chi connectivity index (χ1) is 9.97. The Balaban J connectivity index is 2.24. The lowest BCUT2D eigenvalue weighted by Crippen LogP contribution is -2.14. The van der Waals surface area contributed by atoms with E-state index in [2.05, 4.69) is 14.7 Å². The van der Waals surface area contributed by atoms with Crippen molar-refractivity contribution in [1.29, 1.82) is 0 Å². The van der Waals surface area contributed by atoms with Crippen molar-refractivity contribution in [2.45, 2.75) is 4.90 Å². The molecule has 8 heteroatoms. The summed E-state index contributed by atoms with van der Waals surface area (Å²) < 4.78 is 26.5. The largest absolute Gasteiger partial charge is 0.478 e. The summed E-state index contributed by atoms with van der Waals surface area (Å²) in [4.78, 5) is 18.2. The van der Waals surface area contributed by atoms with Crippen molar-refractivity contribution in [3.8, 4) is 0 Å². The van der Waals surface area contributed by atoms with E-state index in [1.807, 2.05) is 0 Å². The molecule has 2 N–H and O–H groups in total. The Kier molecular flexibility index (Phi) is 4.29. The van der Waals surface area contributed by atoms with Gasteiger partial charge >= 0.3 is 5.97 Å². The number of nitrogens with one attached hydrogen (secondary N) is 1. The van der Waals surface area contributed by atoms with Gasteiger partial charge in [0.15, 0.2) is 0 Å². The average molecular weight is 305 g/mol. The molecular weight excluding hydrogens is 294 g/mol. The monoisotopic (exact) mass is 305 g/mol. The Hall–Kier alpha value is -2.74. The van der Waals surface area contributed by atoms with E-state index in [1.54, 1.807) is 12.1 Å². The minimum absolute atomic E-state index is 0.0123. The van der Waals surface area contributed by atoms with E-state index in [9.17, 15) is 13.2 Å². The predicted octanol–water partition coefficient (Wildman–Crippen LogP) is 1.38. The number of rotatable bonds is 5. The number of sulfonamides is 1. The van der Waals surface area contributed by atoms with Crippen molar-refractivity contribution in [2.24, 2.45) is 0 Å². The molecule has 0 amide bonds. The van der Waals surface area contributed by atoms with Crippen molar-refractivity contribution < 1.29 is 18.3 Å². The predicted molar refractivity (Wildman–Crippen MR) is 76.0 cm³/mol. The van der Waals surface area contributed by atoms with E-state index < -0.39 is 16.0 Å². The Morgan fingerprint density at radius 3 is 2.71 bits per heavy atom. The fourth-order valence-corrected chi connectivity index (χ4v) is 2.42. The molecule has 0 aliphatic rings. The van der Waals surface area contributed by atoms with Crippen LogP contribution < -0.4 is 4.72 Å². The summed E-state index contributed by atoms with van der Waals surface area (Å²) in [5.74, 6) is -1.02. The first-order valence-corrected chi connectivity index (χ1v) is 7.26. The molecule has 0 fully saturated rings. The van der Waals surface area contributed by atoms with Gasteiger partial charge in [0.05, 0.1) is 5.69 Å². The fourth-order valence-electron chi connectivity index (χ4n) is 1.46. The Bertz CT molecular complexity index is 773. The first kappa shape index (κ1) is 14.7. The molecule has 7 nitrogen and oxygen atoms in total. The molecule has 21 heavy (non-hydrogen) atoms.